The quantitative estimate of drug-likeness (QED) is 0.700. The Hall–Kier alpha value is -1.67. The van der Waals surface area contributed by atoms with Crippen molar-refractivity contribution >= 4 is 12.3 Å². The molecule has 15 heavy (non-hydrogen) atoms. The first-order valence-electron chi connectivity index (χ1n) is 3.55. The van der Waals surface area contributed by atoms with Gasteiger partial charge in [0.15, 0.2) is 0 Å². The zero-order valence-corrected chi connectivity index (χ0v) is 7.15. The molecule has 6 nitrogen and oxygen atoms in total. The van der Waals surface area contributed by atoms with Gasteiger partial charge in [-0.1, -0.05) is 0 Å². The molecule has 0 heterocycles. The van der Waals surface area contributed by atoms with Crippen molar-refractivity contribution in [3.63, 3.8) is 0 Å². The van der Waals surface area contributed by atoms with Gasteiger partial charge in [-0.25, -0.2) is 14.0 Å². The third kappa shape index (κ3) is 5.60. The molecule has 0 aliphatic heterocycles. The molecule has 0 rings (SSSR count). The van der Waals surface area contributed by atoms with Crippen molar-refractivity contribution in [1.82, 2.24) is 0 Å². The maximum absolute atomic E-state index is 12.6. The fourth-order valence-electron chi connectivity index (χ4n) is 0.598. The van der Waals surface area contributed by atoms with Crippen molar-refractivity contribution in [1.29, 1.82) is 0 Å². The highest BCUT2D eigenvalue weighted by Crippen LogP contribution is 2.25. The molecule has 0 saturated carbocycles. The van der Waals surface area contributed by atoms with Gasteiger partial charge < -0.3 is 19.7 Å². The van der Waals surface area contributed by atoms with Crippen molar-refractivity contribution in [2.24, 2.45) is 0 Å². The fraction of sp³-hybridized carbons (Fsp3) is 0.667. The highest BCUT2D eigenvalue weighted by molar-refractivity contribution is 5.57. The molecule has 0 saturated heterocycles. The Morgan fingerprint density at radius 3 is 2.20 bits per heavy atom. The molecule has 2 N–H and O–H groups in total. The molecule has 0 fully saturated rings. The van der Waals surface area contributed by atoms with Crippen molar-refractivity contribution in [3.05, 3.63) is 0 Å². The van der Waals surface area contributed by atoms with Crippen LogP contribution in [0.25, 0.3) is 0 Å². The van der Waals surface area contributed by atoms with E-state index in [1.165, 1.54) is 0 Å². The van der Waals surface area contributed by atoms with Crippen molar-refractivity contribution in [2.45, 2.75) is 18.7 Å². The number of rotatable bonds is 5. The number of carbonyl (C=O) groups is 2. The lowest BCUT2D eigenvalue weighted by molar-refractivity contribution is -0.247. The zero-order valence-electron chi connectivity index (χ0n) is 7.15. The van der Waals surface area contributed by atoms with Crippen LogP contribution in [0.15, 0.2) is 0 Å². The lowest BCUT2D eigenvalue weighted by atomic mass is 10.3. The molecule has 1 unspecified atom stereocenters. The summed E-state index contributed by atoms with van der Waals surface area (Å²) in [6.07, 6.45) is -12.6. The maximum Gasteiger partial charge on any atom is 0.510 e. The van der Waals surface area contributed by atoms with E-state index < -0.39 is 37.6 Å². The molecule has 0 aromatic carbocycles. The number of alkyl halides is 3. The standard InChI is InChI=1S/C6H7F3O6/c7-3(1-2-14-4(10)11)6(8,9)15-5(12)13/h3H,1-2H2,(H,10,11)(H,12,13). The molecule has 9 heteroatoms. The smallest absolute Gasteiger partial charge is 0.450 e. The summed E-state index contributed by atoms with van der Waals surface area (Å²) in [5, 5.41) is 15.7. The van der Waals surface area contributed by atoms with Gasteiger partial charge in [0.25, 0.3) is 0 Å². The molecule has 0 radical (unpaired) electrons. The lowest BCUT2D eigenvalue weighted by Crippen LogP contribution is -2.36. The van der Waals surface area contributed by atoms with E-state index in [1.807, 2.05) is 0 Å². The predicted octanol–water partition coefficient (Wildman–Crippen LogP) is 1.70. The Kier molecular flexibility index (Phi) is 4.68. The summed E-state index contributed by atoms with van der Waals surface area (Å²) in [5.41, 5.74) is 0. The minimum atomic E-state index is -4.52. The van der Waals surface area contributed by atoms with Crippen molar-refractivity contribution < 1.29 is 42.4 Å². The zero-order chi connectivity index (χ0) is 12.1. The van der Waals surface area contributed by atoms with Crippen LogP contribution in [-0.2, 0) is 9.47 Å². The number of hydrogen-bond donors (Lipinski definition) is 2. The van der Waals surface area contributed by atoms with Crippen LogP contribution in [0.4, 0.5) is 22.8 Å². The van der Waals surface area contributed by atoms with E-state index in [2.05, 4.69) is 9.47 Å². The largest absolute Gasteiger partial charge is 0.510 e. The third-order valence-electron chi connectivity index (χ3n) is 1.18. The van der Waals surface area contributed by atoms with E-state index in [4.69, 9.17) is 10.2 Å². The summed E-state index contributed by atoms with van der Waals surface area (Å²) in [6, 6.07) is 0. The predicted molar refractivity (Wildman–Crippen MR) is 37.5 cm³/mol. The van der Waals surface area contributed by atoms with Crippen LogP contribution in [0.5, 0.6) is 0 Å². The van der Waals surface area contributed by atoms with Gasteiger partial charge in [0.05, 0.1) is 6.61 Å². The average Bonchev–Trinajstić information content (AvgIpc) is 2.00. The molecule has 0 spiro atoms. The molecule has 0 aromatic rings. The van der Waals surface area contributed by atoms with Crippen LogP contribution in [0.1, 0.15) is 6.42 Å². The molecular formula is C6H7F3O6. The molecule has 0 aliphatic rings. The van der Waals surface area contributed by atoms with Gasteiger partial charge in [-0.05, 0) is 0 Å². The summed E-state index contributed by atoms with van der Waals surface area (Å²) < 4.78 is 44.1. The van der Waals surface area contributed by atoms with Crippen LogP contribution < -0.4 is 0 Å². The Morgan fingerprint density at radius 1 is 1.27 bits per heavy atom. The summed E-state index contributed by atoms with van der Waals surface area (Å²) in [6.45, 7) is -0.824. The van der Waals surface area contributed by atoms with E-state index in [0.717, 1.165) is 0 Å². The first-order chi connectivity index (χ1) is 6.75. The second-order valence-corrected chi connectivity index (χ2v) is 2.30. The topological polar surface area (TPSA) is 93.1 Å². The van der Waals surface area contributed by atoms with E-state index in [1.54, 1.807) is 0 Å². The van der Waals surface area contributed by atoms with Gasteiger partial charge in [-0.3, -0.25) is 0 Å². The Labute approximate surface area is 81.2 Å². The highest BCUT2D eigenvalue weighted by Gasteiger charge is 2.44. The van der Waals surface area contributed by atoms with Gasteiger partial charge in [-0.15, -0.1) is 0 Å². The summed E-state index contributed by atoms with van der Waals surface area (Å²) in [7, 11) is 0. The maximum atomic E-state index is 12.6. The van der Waals surface area contributed by atoms with Crippen LogP contribution >= 0.6 is 0 Å². The monoisotopic (exact) mass is 232 g/mol. The van der Waals surface area contributed by atoms with Crippen LogP contribution in [-0.4, -0.2) is 41.4 Å². The Balaban J connectivity index is 4.01. The van der Waals surface area contributed by atoms with E-state index in [9.17, 15) is 22.8 Å². The highest BCUT2D eigenvalue weighted by atomic mass is 19.3. The molecule has 0 aliphatic carbocycles. The first-order valence-corrected chi connectivity index (χ1v) is 3.55. The Bertz CT molecular complexity index is 243. The summed E-state index contributed by atoms with van der Waals surface area (Å²) >= 11 is 0. The molecular weight excluding hydrogens is 225 g/mol. The van der Waals surface area contributed by atoms with Gasteiger partial charge in [-0.2, -0.15) is 8.78 Å². The second kappa shape index (κ2) is 5.27. The minimum absolute atomic E-state index is 0.824. The first kappa shape index (κ1) is 13.3. The summed E-state index contributed by atoms with van der Waals surface area (Å²) in [5.74, 6) is 0. The fourth-order valence-corrected chi connectivity index (χ4v) is 0.598. The van der Waals surface area contributed by atoms with Crippen LogP contribution in [0, 0.1) is 0 Å². The molecule has 1 atom stereocenters. The van der Waals surface area contributed by atoms with E-state index in [-0.39, 0.29) is 0 Å². The molecule has 0 amide bonds. The van der Waals surface area contributed by atoms with E-state index >= 15 is 0 Å². The van der Waals surface area contributed by atoms with Gasteiger partial charge in [0.1, 0.15) is 0 Å². The van der Waals surface area contributed by atoms with Crippen molar-refractivity contribution in [3.8, 4) is 0 Å². The molecule has 0 aromatic heterocycles. The minimum Gasteiger partial charge on any atom is -0.450 e. The van der Waals surface area contributed by atoms with Gasteiger partial charge in [0, 0.05) is 6.42 Å². The average molecular weight is 232 g/mol. The van der Waals surface area contributed by atoms with Gasteiger partial charge >= 0.3 is 18.4 Å². The summed E-state index contributed by atoms with van der Waals surface area (Å²) in [4.78, 5) is 19.5. The SMILES string of the molecule is O=C(O)OCCC(F)C(F)(F)OC(=O)O. The number of ether oxygens (including phenoxy) is 2. The Morgan fingerprint density at radius 2 is 1.80 bits per heavy atom. The van der Waals surface area contributed by atoms with Gasteiger partial charge in [0.2, 0.25) is 6.17 Å². The normalized spacial score (nSPS) is 13.0. The number of hydrogen-bond acceptors (Lipinski definition) is 4. The lowest BCUT2D eigenvalue weighted by Gasteiger charge is -2.17. The van der Waals surface area contributed by atoms with Crippen LogP contribution in [0.3, 0.4) is 0 Å². The molecule has 0 bridgehead atoms. The third-order valence-corrected chi connectivity index (χ3v) is 1.18. The number of carboxylic acid groups (broad SMARTS) is 2. The number of halogens is 3. The molecule has 88 valence electrons. The van der Waals surface area contributed by atoms with Crippen molar-refractivity contribution in [2.75, 3.05) is 6.61 Å². The van der Waals surface area contributed by atoms with Crippen LogP contribution in [0.2, 0.25) is 0 Å². The second-order valence-electron chi connectivity index (χ2n) is 2.30. The van der Waals surface area contributed by atoms with E-state index in [0.29, 0.717) is 0 Å².